The zero-order chi connectivity index (χ0) is 7.98. The third kappa shape index (κ3) is 3.25. The van der Waals surface area contributed by atoms with E-state index >= 15 is 0 Å². The average molecular weight is 143 g/mol. The Labute approximate surface area is 61.1 Å². The van der Waals surface area contributed by atoms with E-state index in [1.54, 1.807) is 7.05 Å². The van der Waals surface area contributed by atoms with Crippen LogP contribution in [0.25, 0.3) is 0 Å². The molecule has 1 atom stereocenters. The SMILES string of the molecule is C=CC(=O)OC(CC)NC. The second kappa shape index (κ2) is 4.99. The lowest BCUT2D eigenvalue weighted by Crippen LogP contribution is -2.29. The minimum Gasteiger partial charge on any atom is -0.443 e. The minimum absolute atomic E-state index is 0.189. The van der Waals surface area contributed by atoms with Crippen molar-refractivity contribution in [3.05, 3.63) is 12.7 Å². The summed E-state index contributed by atoms with van der Waals surface area (Å²) >= 11 is 0. The van der Waals surface area contributed by atoms with Crippen molar-refractivity contribution in [3.63, 3.8) is 0 Å². The maximum Gasteiger partial charge on any atom is 0.331 e. The minimum atomic E-state index is -0.388. The maximum atomic E-state index is 10.6. The Morgan fingerprint density at radius 2 is 2.50 bits per heavy atom. The Morgan fingerprint density at radius 1 is 1.90 bits per heavy atom. The van der Waals surface area contributed by atoms with Crippen molar-refractivity contribution < 1.29 is 9.53 Å². The molecule has 3 heteroatoms. The number of carbonyl (C=O) groups is 1. The van der Waals surface area contributed by atoms with E-state index in [1.807, 2.05) is 6.92 Å². The summed E-state index contributed by atoms with van der Waals surface area (Å²) in [5.41, 5.74) is 0. The number of carbonyl (C=O) groups excluding carboxylic acids is 1. The van der Waals surface area contributed by atoms with Crippen LogP contribution in [-0.2, 0) is 9.53 Å². The number of hydrogen-bond acceptors (Lipinski definition) is 3. The fourth-order valence-corrected chi connectivity index (χ4v) is 0.535. The second-order valence-electron chi connectivity index (χ2n) is 1.83. The van der Waals surface area contributed by atoms with Crippen LogP contribution in [0, 0.1) is 0 Å². The van der Waals surface area contributed by atoms with E-state index in [0.29, 0.717) is 0 Å². The molecule has 0 spiro atoms. The molecule has 0 fully saturated rings. The first-order valence-corrected chi connectivity index (χ1v) is 3.24. The molecule has 0 aromatic heterocycles. The number of rotatable bonds is 4. The predicted octanol–water partition coefficient (Wildman–Crippen LogP) is 0.671. The van der Waals surface area contributed by atoms with Gasteiger partial charge in [0.15, 0.2) is 6.23 Å². The van der Waals surface area contributed by atoms with E-state index in [-0.39, 0.29) is 12.2 Å². The van der Waals surface area contributed by atoms with E-state index in [9.17, 15) is 4.79 Å². The number of ether oxygens (including phenoxy) is 1. The zero-order valence-corrected chi connectivity index (χ0v) is 6.39. The third-order valence-corrected chi connectivity index (χ3v) is 1.12. The van der Waals surface area contributed by atoms with E-state index in [0.717, 1.165) is 12.5 Å². The topological polar surface area (TPSA) is 38.3 Å². The molecule has 0 rings (SSSR count). The monoisotopic (exact) mass is 143 g/mol. The summed E-state index contributed by atoms with van der Waals surface area (Å²) in [4.78, 5) is 10.6. The van der Waals surface area contributed by atoms with E-state index < -0.39 is 0 Å². The first kappa shape index (κ1) is 9.17. The molecule has 1 unspecified atom stereocenters. The van der Waals surface area contributed by atoms with E-state index in [2.05, 4.69) is 11.9 Å². The van der Waals surface area contributed by atoms with Crippen LogP contribution >= 0.6 is 0 Å². The Bertz CT molecular complexity index is 119. The van der Waals surface area contributed by atoms with Crippen molar-refractivity contribution in [1.29, 1.82) is 0 Å². The van der Waals surface area contributed by atoms with Crippen molar-refractivity contribution in [2.75, 3.05) is 7.05 Å². The normalized spacial score (nSPS) is 12.2. The van der Waals surface area contributed by atoms with Gasteiger partial charge in [-0.05, 0) is 13.5 Å². The van der Waals surface area contributed by atoms with Crippen LogP contribution in [0.4, 0.5) is 0 Å². The molecule has 0 saturated carbocycles. The first-order chi connectivity index (χ1) is 4.74. The summed E-state index contributed by atoms with van der Waals surface area (Å²) in [7, 11) is 1.74. The molecular formula is C7H13NO2. The highest BCUT2D eigenvalue weighted by molar-refractivity contribution is 5.81. The molecule has 10 heavy (non-hydrogen) atoms. The molecule has 0 aromatic rings. The van der Waals surface area contributed by atoms with Crippen LogP contribution in [0.3, 0.4) is 0 Å². The van der Waals surface area contributed by atoms with Crippen LogP contribution < -0.4 is 5.32 Å². The average Bonchev–Trinajstić information content (AvgIpc) is 1.99. The van der Waals surface area contributed by atoms with Gasteiger partial charge in [0.25, 0.3) is 0 Å². The molecule has 0 saturated heterocycles. The van der Waals surface area contributed by atoms with Gasteiger partial charge in [-0.1, -0.05) is 13.5 Å². The van der Waals surface area contributed by atoms with Crippen LogP contribution in [-0.4, -0.2) is 19.2 Å². The lowest BCUT2D eigenvalue weighted by atomic mass is 10.4. The molecule has 0 aromatic carbocycles. The summed E-state index contributed by atoms with van der Waals surface area (Å²) in [5.74, 6) is -0.388. The standard InChI is InChI=1S/C7H13NO2/c1-4-6(8-3)10-7(9)5-2/h5-6,8H,2,4H2,1,3H3. The quantitative estimate of drug-likeness (QED) is 0.357. The highest BCUT2D eigenvalue weighted by Gasteiger charge is 2.05. The van der Waals surface area contributed by atoms with Crippen LogP contribution in [0.15, 0.2) is 12.7 Å². The molecule has 0 aliphatic carbocycles. The van der Waals surface area contributed by atoms with Gasteiger partial charge in [0.05, 0.1) is 0 Å². The van der Waals surface area contributed by atoms with Crippen molar-refractivity contribution in [2.24, 2.45) is 0 Å². The highest BCUT2D eigenvalue weighted by atomic mass is 16.6. The van der Waals surface area contributed by atoms with Gasteiger partial charge in [0, 0.05) is 6.08 Å². The molecule has 0 aliphatic rings. The Morgan fingerprint density at radius 3 is 2.80 bits per heavy atom. The zero-order valence-electron chi connectivity index (χ0n) is 6.39. The van der Waals surface area contributed by atoms with Crippen LogP contribution in [0.1, 0.15) is 13.3 Å². The molecule has 3 nitrogen and oxygen atoms in total. The molecule has 0 heterocycles. The molecule has 0 amide bonds. The molecule has 0 bridgehead atoms. The lowest BCUT2D eigenvalue weighted by Gasteiger charge is -2.12. The largest absolute Gasteiger partial charge is 0.443 e. The maximum absolute atomic E-state index is 10.6. The number of esters is 1. The Kier molecular flexibility index (Phi) is 4.58. The summed E-state index contributed by atoms with van der Waals surface area (Å²) in [6.45, 7) is 5.21. The lowest BCUT2D eigenvalue weighted by molar-refractivity contribution is -0.144. The van der Waals surface area contributed by atoms with E-state index in [4.69, 9.17) is 4.74 Å². The smallest absolute Gasteiger partial charge is 0.331 e. The van der Waals surface area contributed by atoms with Gasteiger partial charge in [-0.2, -0.15) is 0 Å². The third-order valence-electron chi connectivity index (χ3n) is 1.12. The van der Waals surface area contributed by atoms with Crippen molar-refractivity contribution in [2.45, 2.75) is 19.6 Å². The second-order valence-corrected chi connectivity index (χ2v) is 1.83. The van der Waals surface area contributed by atoms with Gasteiger partial charge in [-0.25, -0.2) is 4.79 Å². The summed E-state index contributed by atoms with van der Waals surface area (Å²) < 4.78 is 4.83. The van der Waals surface area contributed by atoms with Crippen LogP contribution in [0.5, 0.6) is 0 Å². The Hall–Kier alpha value is -0.830. The van der Waals surface area contributed by atoms with Crippen LogP contribution in [0.2, 0.25) is 0 Å². The van der Waals surface area contributed by atoms with Gasteiger partial charge in [0.1, 0.15) is 0 Å². The summed E-state index contributed by atoms with van der Waals surface area (Å²) in [6.07, 6.45) is 1.72. The highest BCUT2D eigenvalue weighted by Crippen LogP contribution is 1.92. The number of nitrogens with one attached hydrogen (secondary N) is 1. The van der Waals surface area contributed by atoms with Crippen molar-refractivity contribution >= 4 is 5.97 Å². The molecule has 58 valence electrons. The fraction of sp³-hybridized carbons (Fsp3) is 0.571. The van der Waals surface area contributed by atoms with E-state index in [1.165, 1.54) is 0 Å². The molecule has 1 N–H and O–H groups in total. The van der Waals surface area contributed by atoms with Crippen molar-refractivity contribution in [3.8, 4) is 0 Å². The summed E-state index contributed by atoms with van der Waals surface area (Å²) in [6, 6.07) is 0. The molecule has 0 radical (unpaired) electrons. The van der Waals surface area contributed by atoms with Gasteiger partial charge in [-0.15, -0.1) is 0 Å². The number of hydrogen-bond donors (Lipinski definition) is 1. The van der Waals surface area contributed by atoms with Gasteiger partial charge >= 0.3 is 5.97 Å². The first-order valence-electron chi connectivity index (χ1n) is 3.24. The molecule has 0 aliphatic heterocycles. The Balaban J connectivity index is 3.62. The fourth-order valence-electron chi connectivity index (χ4n) is 0.535. The van der Waals surface area contributed by atoms with Gasteiger partial charge in [0.2, 0.25) is 0 Å². The predicted molar refractivity (Wildman–Crippen MR) is 39.4 cm³/mol. The summed E-state index contributed by atoms with van der Waals surface area (Å²) in [5, 5.41) is 2.83. The molecular weight excluding hydrogens is 130 g/mol. The van der Waals surface area contributed by atoms with Gasteiger partial charge < -0.3 is 4.74 Å². The van der Waals surface area contributed by atoms with Gasteiger partial charge in [-0.3, -0.25) is 5.32 Å². The van der Waals surface area contributed by atoms with Crippen molar-refractivity contribution in [1.82, 2.24) is 5.32 Å².